The van der Waals surface area contributed by atoms with Gasteiger partial charge in [-0.3, -0.25) is 9.78 Å². The van der Waals surface area contributed by atoms with Crippen LogP contribution in [0.4, 0.5) is 16.0 Å². The first kappa shape index (κ1) is 24.2. The van der Waals surface area contributed by atoms with E-state index in [4.69, 9.17) is 4.74 Å². The quantitative estimate of drug-likeness (QED) is 0.225. The van der Waals surface area contributed by atoms with E-state index in [1.165, 1.54) is 6.07 Å². The minimum atomic E-state index is -0.357. The van der Waals surface area contributed by atoms with E-state index in [2.05, 4.69) is 31.7 Å². The Morgan fingerprint density at radius 3 is 2.74 bits per heavy atom. The number of amides is 1. The van der Waals surface area contributed by atoms with Crippen LogP contribution in [0.3, 0.4) is 0 Å². The van der Waals surface area contributed by atoms with Gasteiger partial charge in [-0.2, -0.15) is 0 Å². The second-order valence-corrected chi connectivity index (χ2v) is 9.09. The number of aromatic amines is 1. The number of pyridine rings is 1. The van der Waals surface area contributed by atoms with Crippen LogP contribution in [0.5, 0.6) is 11.5 Å². The molecule has 3 N–H and O–H groups in total. The molecule has 6 aromatic rings. The molecule has 0 unspecified atom stereocenters. The van der Waals surface area contributed by atoms with Crippen LogP contribution in [-0.2, 0) is 13.5 Å². The summed E-state index contributed by atoms with van der Waals surface area (Å²) in [5.41, 5.74) is 4.36. The van der Waals surface area contributed by atoms with Crippen molar-refractivity contribution in [2.45, 2.75) is 6.42 Å². The van der Waals surface area contributed by atoms with Crippen molar-refractivity contribution in [2.24, 2.45) is 7.05 Å². The number of fused-ring (bicyclic) bond motifs is 2. The maximum absolute atomic E-state index is 14.1. The summed E-state index contributed by atoms with van der Waals surface area (Å²) >= 11 is 0. The molecular weight excluding hydrogens is 495 g/mol. The molecule has 0 fully saturated rings. The van der Waals surface area contributed by atoms with Gasteiger partial charge in [0.15, 0.2) is 0 Å². The highest BCUT2D eigenvalue weighted by atomic mass is 19.1. The summed E-state index contributed by atoms with van der Waals surface area (Å²) in [6.45, 7) is 0.479. The van der Waals surface area contributed by atoms with E-state index in [-0.39, 0.29) is 17.4 Å². The average Bonchev–Trinajstić information content (AvgIpc) is 3.50. The first-order valence-electron chi connectivity index (χ1n) is 12.5. The molecule has 3 aromatic heterocycles. The van der Waals surface area contributed by atoms with E-state index >= 15 is 0 Å². The van der Waals surface area contributed by atoms with Gasteiger partial charge in [0.2, 0.25) is 5.95 Å². The number of hydrogen-bond donors (Lipinski definition) is 3. The summed E-state index contributed by atoms with van der Waals surface area (Å²) in [6.07, 6.45) is 4.21. The molecule has 0 bridgehead atoms. The van der Waals surface area contributed by atoms with Gasteiger partial charge < -0.3 is 24.9 Å². The third-order valence-corrected chi connectivity index (χ3v) is 6.53. The number of anilines is 2. The number of para-hydroxylation sites is 2. The van der Waals surface area contributed by atoms with Crippen LogP contribution in [0.1, 0.15) is 16.1 Å². The number of H-pyrrole nitrogens is 1. The molecule has 6 rings (SSSR count). The fourth-order valence-corrected chi connectivity index (χ4v) is 4.51. The van der Waals surface area contributed by atoms with E-state index < -0.39 is 0 Å². The predicted octanol–water partition coefficient (Wildman–Crippen LogP) is 6.10. The topological polar surface area (TPSA) is 96.9 Å². The van der Waals surface area contributed by atoms with Crippen LogP contribution in [0.15, 0.2) is 91.3 Å². The van der Waals surface area contributed by atoms with E-state index in [9.17, 15) is 9.18 Å². The summed E-state index contributed by atoms with van der Waals surface area (Å²) < 4.78 is 22.0. The van der Waals surface area contributed by atoms with Crippen molar-refractivity contribution in [1.82, 2.24) is 24.8 Å². The monoisotopic (exact) mass is 520 g/mol. The summed E-state index contributed by atoms with van der Waals surface area (Å²) in [5, 5.41) is 7.12. The first-order chi connectivity index (χ1) is 19.0. The molecule has 0 aliphatic rings. The zero-order valence-electron chi connectivity index (χ0n) is 21.1. The van der Waals surface area contributed by atoms with Crippen molar-refractivity contribution < 1.29 is 13.9 Å². The number of halogens is 1. The Hall–Kier alpha value is -5.18. The van der Waals surface area contributed by atoms with Gasteiger partial charge in [0.05, 0.1) is 16.7 Å². The number of nitrogens with one attached hydrogen (secondary N) is 3. The lowest BCUT2D eigenvalue weighted by molar-refractivity contribution is 0.0949. The normalized spacial score (nSPS) is 11.1. The fraction of sp³-hybridized carbons (Fsp3) is 0.100. The molecule has 0 aliphatic heterocycles. The lowest BCUT2D eigenvalue weighted by atomic mass is 10.1. The van der Waals surface area contributed by atoms with E-state index in [0.29, 0.717) is 41.6 Å². The van der Waals surface area contributed by atoms with Crippen molar-refractivity contribution in [1.29, 1.82) is 0 Å². The van der Waals surface area contributed by atoms with E-state index in [0.717, 1.165) is 22.0 Å². The third kappa shape index (κ3) is 5.02. The zero-order valence-corrected chi connectivity index (χ0v) is 21.1. The Labute approximate surface area is 223 Å². The number of hydrogen-bond acceptors (Lipinski definition) is 5. The van der Waals surface area contributed by atoms with Crippen molar-refractivity contribution in [3.63, 3.8) is 0 Å². The number of ether oxygens (including phenoxy) is 1. The van der Waals surface area contributed by atoms with Gasteiger partial charge in [0.25, 0.3) is 5.91 Å². The van der Waals surface area contributed by atoms with Gasteiger partial charge in [-0.25, -0.2) is 9.37 Å². The second kappa shape index (κ2) is 10.3. The second-order valence-electron chi connectivity index (χ2n) is 9.09. The standard InChI is InChI=1S/C30H25FN6O2/c1-37-28-11-10-20(16-26(28)36-30(37)35-25-9-5-3-7-23(25)31)39-21-13-15-32-27(17-21)29(38)33-14-12-19-18-34-24-8-4-2-6-22(19)24/h2-11,13,15-18,34H,12,14H2,1H3,(H,33,38)(H,35,36). The molecular formula is C30H25FN6O2. The Bertz CT molecular complexity index is 1810. The minimum Gasteiger partial charge on any atom is -0.457 e. The zero-order chi connectivity index (χ0) is 26.8. The maximum atomic E-state index is 14.1. The minimum absolute atomic E-state index is 0.265. The SMILES string of the molecule is Cn1c(Nc2ccccc2F)nc2cc(Oc3ccnc(C(=O)NCCc4c[nH]c5ccccc45)c3)ccc21. The molecule has 0 atom stereocenters. The van der Waals surface area contributed by atoms with E-state index in [1.54, 1.807) is 42.6 Å². The number of aryl methyl sites for hydroxylation is 1. The Morgan fingerprint density at radius 1 is 1.03 bits per heavy atom. The van der Waals surface area contributed by atoms with Crippen molar-refractivity contribution in [3.05, 3.63) is 108 Å². The van der Waals surface area contributed by atoms with Gasteiger partial charge in [-0.1, -0.05) is 30.3 Å². The summed E-state index contributed by atoms with van der Waals surface area (Å²) in [4.78, 5) is 24.8. The van der Waals surface area contributed by atoms with Gasteiger partial charge in [-0.15, -0.1) is 0 Å². The third-order valence-electron chi connectivity index (χ3n) is 6.53. The molecule has 8 nitrogen and oxygen atoms in total. The highest BCUT2D eigenvalue weighted by molar-refractivity contribution is 5.92. The number of rotatable bonds is 8. The molecule has 39 heavy (non-hydrogen) atoms. The van der Waals surface area contributed by atoms with Crippen LogP contribution < -0.4 is 15.4 Å². The molecule has 0 aliphatic carbocycles. The molecule has 0 spiro atoms. The largest absolute Gasteiger partial charge is 0.457 e. The summed E-state index contributed by atoms with van der Waals surface area (Å²) in [6, 6.07) is 23.3. The van der Waals surface area contributed by atoms with E-state index in [1.807, 2.05) is 48.1 Å². The molecule has 1 amide bonds. The number of carbonyl (C=O) groups excluding carboxylic acids is 1. The van der Waals surface area contributed by atoms with Crippen LogP contribution >= 0.6 is 0 Å². The number of carbonyl (C=O) groups is 1. The smallest absolute Gasteiger partial charge is 0.270 e. The van der Waals surface area contributed by atoms with Gasteiger partial charge in [-0.05, 0) is 48.4 Å². The lowest BCUT2D eigenvalue weighted by Crippen LogP contribution is -2.26. The molecule has 0 radical (unpaired) electrons. The molecule has 194 valence electrons. The Balaban J connectivity index is 1.12. The molecule has 3 aromatic carbocycles. The van der Waals surface area contributed by atoms with Gasteiger partial charge in [0, 0.05) is 49.0 Å². The van der Waals surface area contributed by atoms with Crippen LogP contribution in [-0.4, -0.2) is 32.0 Å². The molecule has 3 heterocycles. The van der Waals surface area contributed by atoms with Gasteiger partial charge in [0.1, 0.15) is 23.0 Å². The number of aromatic nitrogens is 4. The van der Waals surface area contributed by atoms with Crippen LogP contribution in [0.2, 0.25) is 0 Å². The van der Waals surface area contributed by atoms with Crippen molar-refractivity contribution >= 4 is 39.5 Å². The molecule has 9 heteroatoms. The highest BCUT2D eigenvalue weighted by Crippen LogP contribution is 2.28. The fourth-order valence-electron chi connectivity index (χ4n) is 4.51. The predicted molar refractivity (Wildman–Crippen MR) is 149 cm³/mol. The average molecular weight is 521 g/mol. The molecule has 0 saturated carbocycles. The summed E-state index contributed by atoms with van der Waals surface area (Å²) in [7, 11) is 1.85. The number of nitrogens with zero attached hydrogens (tertiary/aromatic N) is 3. The maximum Gasteiger partial charge on any atom is 0.270 e. The number of imidazole rings is 1. The van der Waals surface area contributed by atoms with Crippen molar-refractivity contribution in [3.8, 4) is 11.5 Å². The van der Waals surface area contributed by atoms with Gasteiger partial charge >= 0.3 is 0 Å². The highest BCUT2D eigenvalue weighted by Gasteiger charge is 2.13. The van der Waals surface area contributed by atoms with Crippen LogP contribution in [0, 0.1) is 5.82 Å². The summed E-state index contributed by atoms with van der Waals surface area (Å²) in [5.74, 6) is 0.901. The van der Waals surface area contributed by atoms with Crippen molar-refractivity contribution in [2.75, 3.05) is 11.9 Å². The first-order valence-corrected chi connectivity index (χ1v) is 12.5. The van der Waals surface area contributed by atoms with Crippen LogP contribution in [0.25, 0.3) is 21.9 Å². The number of benzene rings is 3. The molecule has 0 saturated heterocycles. The lowest BCUT2D eigenvalue weighted by Gasteiger charge is -2.08. The Kier molecular flexibility index (Phi) is 6.38. The Morgan fingerprint density at radius 2 is 1.85 bits per heavy atom.